The zero-order valence-electron chi connectivity index (χ0n) is 11.5. The lowest BCUT2D eigenvalue weighted by molar-refractivity contribution is -0.150. The summed E-state index contributed by atoms with van der Waals surface area (Å²) in [7, 11) is 1.49. The number of carboxylic acids is 1. The van der Waals surface area contributed by atoms with E-state index in [0.717, 1.165) is 0 Å². The molecule has 19 heavy (non-hydrogen) atoms. The van der Waals surface area contributed by atoms with E-state index in [4.69, 9.17) is 0 Å². The minimum absolute atomic E-state index is 0.161. The number of nitrogens with zero attached hydrogens (tertiary/aromatic N) is 1. The van der Waals surface area contributed by atoms with E-state index in [0.29, 0.717) is 19.4 Å². The summed E-state index contributed by atoms with van der Waals surface area (Å²) in [5.41, 5.74) is -0.911. The van der Waals surface area contributed by atoms with Crippen molar-refractivity contribution in [3.8, 4) is 0 Å². The van der Waals surface area contributed by atoms with Gasteiger partial charge in [0.05, 0.1) is 5.41 Å². The summed E-state index contributed by atoms with van der Waals surface area (Å²) in [6.45, 7) is 3.89. The van der Waals surface area contributed by atoms with Crippen LogP contribution < -0.4 is 10.6 Å². The number of likely N-dealkylation sites (N-methyl/N-ethyl adjacent to an activating group) is 1. The van der Waals surface area contributed by atoms with Gasteiger partial charge >= 0.3 is 12.0 Å². The highest BCUT2D eigenvalue weighted by Crippen LogP contribution is 2.29. The van der Waals surface area contributed by atoms with Crippen LogP contribution in [-0.4, -0.2) is 54.1 Å². The van der Waals surface area contributed by atoms with Crippen molar-refractivity contribution in [3.05, 3.63) is 0 Å². The van der Waals surface area contributed by atoms with Gasteiger partial charge in [-0.2, -0.15) is 0 Å². The maximum absolute atomic E-state index is 12.0. The molecule has 0 radical (unpaired) electrons. The first-order valence-electron chi connectivity index (χ1n) is 6.30. The van der Waals surface area contributed by atoms with Crippen LogP contribution in [0.25, 0.3) is 0 Å². The molecule has 1 heterocycles. The molecule has 7 nitrogen and oxygen atoms in total. The van der Waals surface area contributed by atoms with E-state index in [9.17, 15) is 19.5 Å². The molecule has 0 saturated carbocycles. The summed E-state index contributed by atoms with van der Waals surface area (Å²) >= 11 is 0. The van der Waals surface area contributed by atoms with Crippen LogP contribution in [0, 0.1) is 5.41 Å². The fraction of sp³-hybridized carbons (Fsp3) is 0.750. The summed E-state index contributed by atoms with van der Waals surface area (Å²) in [4.78, 5) is 36.0. The number of likely N-dealkylation sites (tertiary alicyclic amines) is 1. The fourth-order valence-electron chi connectivity index (χ4n) is 2.15. The molecule has 0 aromatic carbocycles. The number of piperidine rings is 1. The Labute approximate surface area is 112 Å². The van der Waals surface area contributed by atoms with Crippen molar-refractivity contribution >= 4 is 17.9 Å². The Morgan fingerprint density at radius 2 is 2.00 bits per heavy atom. The van der Waals surface area contributed by atoms with Crippen molar-refractivity contribution in [1.29, 1.82) is 0 Å². The van der Waals surface area contributed by atoms with Gasteiger partial charge in [0.1, 0.15) is 6.04 Å². The van der Waals surface area contributed by atoms with Crippen LogP contribution >= 0.6 is 0 Å². The van der Waals surface area contributed by atoms with Gasteiger partial charge in [0.2, 0.25) is 5.91 Å². The van der Waals surface area contributed by atoms with Crippen molar-refractivity contribution in [3.63, 3.8) is 0 Å². The topological polar surface area (TPSA) is 98.7 Å². The third-order valence-corrected chi connectivity index (χ3v) is 3.48. The van der Waals surface area contributed by atoms with Crippen LogP contribution in [0.3, 0.4) is 0 Å². The average Bonchev–Trinajstić information content (AvgIpc) is 2.37. The number of carbonyl (C=O) groups is 3. The number of nitrogens with one attached hydrogen (secondary N) is 2. The maximum atomic E-state index is 12.0. The van der Waals surface area contributed by atoms with Crippen molar-refractivity contribution < 1.29 is 19.5 Å². The van der Waals surface area contributed by atoms with Gasteiger partial charge in [0.15, 0.2) is 0 Å². The number of aliphatic carboxylic acids is 1. The van der Waals surface area contributed by atoms with E-state index in [1.54, 1.807) is 13.8 Å². The smallest absolute Gasteiger partial charge is 0.318 e. The number of hydrogen-bond acceptors (Lipinski definition) is 3. The normalized spacial score (nSPS) is 24.5. The molecular weight excluding hydrogens is 250 g/mol. The molecule has 108 valence electrons. The van der Waals surface area contributed by atoms with Crippen LogP contribution in [-0.2, 0) is 9.59 Å². The van der Waals surface area contributed by atoms with E-state index >= 15 is 0 Å². The molecule has 1 rings (SSSR count). The van der Waals surface area contributed by atoms with Crippen molar-refractivity contribution in [2.75, 3.05) is 20.1 Å². The number of carboxylic acid groups (broad SMARTS) is 1. The Balaban J connectivity index is 2.63. The Hall–Kier alpha value is -1.79. The van der Waals surface area contributed by atoms with Gasteiger partial charge < -0.3 is 20.6 Å². The Kier molecular flexibility index (Phi) is 4.74. The van der Waals surface area contributed by atoms with E-state index in [1.807, 2.05) is 0 Å². The molecule has 1 aliphatic rings. The number of carbonyl (C=O) groups excluding carboxylic acids is 2. The Bertz CT molecular complexity index is 385. The fourth-order valence-corrected chi connectivity index (χ4v) is 2.15. The van der Waals surface area contributed by atoms with Crippen LogP contribution in [0.4, 0.5) is 4.79 Å². The Morgan fingerprint density at radius 3 is 2.53 bits per heavy atom. The summed E-state index contributed by atoms with van der Waals surface area (Å²) in [6, 6.07) is -1.04. The molecular formula is C12H21N3O4. The van der Waals surface area contributed by atoms with E-state index in [-0.39, 0.29) is 12.5 Å². The molecule has 1 fully saturated rings. The summed E-state index contributed by atoms with van der Waals surface area (Å²) in [6.07, 6.45) is 1.20. The molecule has 0 aromatic rings. The van der Waals surface area contributed by atoms with Gasteiger partial charge in [0.25, 0.3) is 0 Å². The molecule has 2 atom stereocenters. The number of rotatable bonds is 3. The quantitative estimate of drug-likeness (QED) is 0.673. The largest absolute Gasteiger partial charge is 0.481 e. The lowest BCUT2D eigenvalue weighted by atomic mass is 9.82. The first kappa shape index (κ1) is 15.3. The van der Waals surface area contributed by atoms with Crippen LogP contribution in [0.2, 0.25) is 0 Å². The second-order valence-corrected chi connectivity index (χ2v) is 5.18. The minimum atomic E-state index is -0.911. The molecule has 3 amide bonds. The van der Waals surface area contributed by atoms with E-state index in [1.165, 1.54) is 11.9 Å². The molecule has 7 heteroatoms. The summed E-state index contributed by atoms with van der Waals surface area (Å²) in [5.74, 6) is -1.18. The minimum Gasteiger partial charge on any atom is -0.481 e. The standard InChI is InChI=1S/C12H21N3O4/c1-8(9(16)13-3)14-11(19)15-6-4-5-12(2,7-15)10(17)18/h8H,4-7H2,1-3H3,(H,13,16)(H,14,19)(H,17,18). The predicted octanol–water partition coefficient (Wildman–Crippen LogP) is 0.0172. The molecule has 0 aliphatic carbocycles. The summed E-state index contributed by atoms with van der Waals surface area (Å²) < 4.78 is 0. The van der Waals surface area contributed by atoms with E-state index in [2.05, 4.69) is 10.6 Å². The maximum Gasteiger partial charge on any atom is 0.318 e. The molecule has 0 spiro atoms. The van der Waals surface area contributed by atoms with Crippen LogP contribution in [0.5, 0.6) is 0 Å². The highest BCUT2D eigenvalue weighted by Gasteiger charge is 2.39. The van der Waals surface area contributed by atoms with Gasteiger partial charge in [-0.3, -0.25) is 9.59 Å². The first-order valence-corrected chi connectivity index (χ1v) is 6.30. The molecule has 2 unspecified atom stereocenters. The molecule has 1 saturated heterocycles. The predicted molar refractivity (Wildman–Crippen MR) is 68.6 cm³/mol. The van der Waals surface area contributed by atoms with Crippen molar-refractivity contribution in [2.24, 2.45) is 5.41 Å². The SMILES string of the molecule is CNC(=O)C(C)NC(=O)N1CCCC(C)(C(=O)O)C1. The van der Waals surface area contributed by atoms with Crippen LogP contribution in [0.1, 0.15) is 26.7 Å². The average molecular weight is 271 g/mol. The van der Waals surface area contributed by atoms with Gasteiger partial charge in [-0.05, 0) is 26.7 Å². The number of amides is 3. The van der Waals surface area contributed by atoms with Crippen molar-refractivity contribution in [1.82, 2.24) is 15.5 Å². The van der Waals surface area contributed by atoms with Crippen LogP contribution in [0.15, 0.2) is 0 Å². The zero-order chi connectivity index (χ0) is 14.6. The second kappa shape index (κ2) is 5.90. The van der Waals surface area contributed by atoms with Crippen molar-refractivity contribution in [2.45, 2.75) is 32.7 Å². The molecule has 0 aromatic heterocycles. The monoisotopic (exact) mass is 271 g/mol. The number of hydrogen-bond donors (Lipinski definition) is 3. The third kappa shape index (κ3) is 3.59. The highest BCUT2D eigenvalue weighted by atomic mass is 16.4. The van der Waals surface area contributed by atoms with Gasteiger partial charge in [-0.15, -0.1) is 0 Å². The summed E-state index contributed by atoms with van der Waals surface area (Å²) in [5, 5.41) is 14.2. The Morgan fingerprint density at radius 1 is 1.37 bits per heavy atom. The zero-order valence-corrected chi connectivity index (χ0v) is 11.5. The number of urea groups is 1. The second-order valence-electron chi connectivity index (χ2n) is 5.18. The lowest BCUT2D eigenvalue weighted by Crippen LogP contribution is -2.54. The van der Waals surface area contributed by atoms with Gasteiger partial charge in [0, 0.05) is 20.1 Å². The highest BCUT2D eigenvalue weighted by molar-refractivity contribution is 5.86. The molecule has 1 aliphatic heterocycles. The first-order chi connectivity index (χ1) is 8.80. The van der Waals surface area contributed by atoms with Gasteiger partial charge in [-0.25, -0.2) is 4.79 Å². The van der Waals surface area contributed by atoms with Gasteiger partial charge in [-0.1, -0.05) is 0 Å². The lowest BCUT2D eigenvalue weighted by Gasteiger charge is -2.37. The molecule has 0 bridgehead atoms. The third-order valence-electron chi connectivity index (χ3n) is 3.48. The molecule has 3 N–H and O–H groups in total. The van der Waals surface area contributed by atoms with E-state index < -0.39 is 23.5 Å².